The molecule has 2 rings (SSSR count). The van der Waals surface area contributed by atoms with Crippen molar-refractivity contribution in [2.24, 2.45) is 0 Å². The first-order valence-electron chi connectivity index (χ1n) is 7.79. The van der Waals surface area contributed by atoms with E-state index in [9.17, 15) is 4.79 Å². The van der Waals surface area contributed by atoms with Gasteiger partial charge in [0.15, 0.2) is 5.78 Å². The van der Waals surface area contributed by atoms with Crippen molar-refractivity contribution in [3.8, 4) is 5.75 Å². The van der Waals surface area contributed by atoms with Crippen LogP contribution in [0.2, 0.25) is 0 Å². The second-order valence-corrected chi connectivity index (χ2v) is 5.97. The Hall–Kier alpha value is -1.39. The Balaban J connectivity index is 2.21. The van der Waals surface area contributed by atoms with E-state index in [2.05, 4.69) is 17.1 Å². The molecule has 21 heavy (non-hydrogen) atoms. The van der Waals surface area contributed by atoms with E-state index in [1.165, 1.54) is 0 Å². The van der Waals surface area contributed by atoms with E-state index in [1.54, 1.807) is 0 Å². The molecular formula is C17H26N2O2. The molecule has 1 aromatic rings. The molecule has 0 unspecified atom stereocenters. The van der Waals surface area contributed by atoms with E-state index in [-0.39, 0.29) is 5.78 Å². The van der Waals surface area contributed by atoms with E-state index in [0.29, 0.717) is 17.9 Å². The van der Waals surface area contributed by atoms with Crippen LogP contribution in [0.4, 0.5) is 0 Å². The van der Waals surface area contributed by atoms with Crippen LogP contribution in [0.25, 0.3) is 0 Å². The van der Waals surface area contributed by atoms with Gasteiger partial charge in [-0.2, -0.15) is 0 Å². The van der Waals surface area contributed by atoms with Gasteiger partial charge in [0.1, 0.15) is 5.75 Å². The van der Waals surface area contributed by atoms with E-state index in [1.807, 2.05) is 38.1 Å². The van der Waals surface area contributed by atoms with E-state index >= 15 is 0 Å². The quantitative estimate of drug-likeness (QED) is 0.817. The summed E-state index contributed by atoms with van der Waals surface area (Å²) < 4.78 is 5.74. The van der Waals surface area contributed by atoms with Gasteiger partial charge >= 0.3 is 0 Å². The monoisotopic (exact) mass is 290 g/mol. The zero-order valence-electron chi connectivity index (χ0n) is 13.3. The zero-order chi connectivity index (χ0) is 15.3. The van der Waals surface area contributed by atoms with Crippen molar-refractivity contribution in [2.75, 3.05) is 32.8 Å². The first kappa shape index (κ1) is 16.0. The average Bonchev–Trinajstić information content (AvgIpc) is 2.53. The molecule has 0 saturated carbocycles. The topological polar surface area (TPSA) is 41.6 Å². The number of nitrogens with one attached hydrogen (secondary N) is 1. The van der Waals surface area contributed by atoms with Gasteiger partial charge in [-0.15, -0.1) is 0 Å². The fourth-order valence-electron chi connectivity index (χ4n) is 2.69. The summed E-state index contributed by atoms with van der Waals surface area (Å²) in [4.78, 5) is 15.3. The highest BCUT2D eigenvalue weighted by Gasteiger charge is 2.36. The van der Waals surface area contributed by atoms with Crippen LogP contribution >= 0.6 is 0 Å². The van der Waals surface area contributed by atoms with Crippen molar-refractivity contribution in [3.05, 3.63) is 29.8 Å². The van der Waals surface area contributed by atoms with Gasteiger partial charge in [0.05, 0.1) is 17.7 Å². The van der Waals surface area contributed by atoms with Crippen LogP contribution in [0.3, 0.4) is 0 Å². The standard InChI is InChI=1S/C17H26N2O2/c1-4-13-21-15-8-6-5-7-14(15)16(20)17(2,3)19-11-9-18-10-12-19/h5-8,18H,4,9-13H2,1-3H3. The van der Waals surface area contributed by atoms with E-state index in [4.69, 9.17) is 4.74 Å². The first-order chi connectivity index (χ1) is 10.1. The maximum atomic E-state index is 13.0. The number of carbonyl (C=O) groups is 1. The molecule has 1 heterocycles. The first-order valence-corrected chi connectivity index (χ1v) is 7.79. The van der Waals surface area contributed by atoms with Crippen LogP contribution in [0.1, 0.15) is 37.6 Å². The molecule has 1 saturated heterocycles. The van der Waals surface area contributed by atoms with Crippen molar-refractivity contribution >= 4 is 5.78 Å². The number of carbonyl (C=O) groups excluding carboxylic acids is 1. The van der Waals surface area contributed by atoms with Gasteiger partial charge in [0.25, 0.3) is 0 Å². The molecule has 116 valence electrons. The fourth-order valence-corrected chi connectivity index (χ4v) is 2.69. The molecule has 0 amide bonds. The summed E-state index contributed by atoms with van der Waals surface area (Å²) in [6.07, 6.45) is 0.934. The molecule has 0 radical (unpaired) electrons. The molecule has 0 atom stereocenters. The number of benzene rings is 1. The Kier molecular flexibility index (Phi) is 5.37. The Morgan fingerprint density at radius 3 is 2.62 bits per heavy atom. The van der Waals surface area contributed by atoms with E-state index < -0.39 is 5.54 Å². The van der Waals surface area contributed by atoms with Crippen molar-refractivity contribution in [3.63, 3.8) is 0 Å². The number of hydrogen-bond acceptors (Lipinski definition) is 4. The molecule has 1 aliphatic heterocycles. The third kappa shape index (κ3) is 3.63. The van der Waals surface area contributed by atoms with Crippen LogP contribution in [0.15, 0.2) is 24.3 Å². The summed E-state index contributed by atoms with van der Waals surface area (Å²) in [5.41, 5.74) is 0.183. The molecule has 1 aromatic carbocycles. The zero-order valence-corrected chi connectivity index (χ0v) is 13.3. The highest BCUT2D eigenvalue weighted by molar-refractivity contribution is 6.04. The van der Waals surface area contributed by atoms with Gasteiger partial charge < -0.3 is 10.1 Å². The third-order valence-corrected chi connectivity index (χ3v) is 4.06. The van der Waals surface area contributed by atoms with E-state index in [0.717, 1.165) is 32.6 Å². The summed E-state index contributed by atoms with van der Waals surface area (Å²) in [5.74, 6) is 0.837. The summed E-state index contributed by atoms with van der Waals surface area (Å²) in [6, 6.07) is 7.58. The van der Waals surface area contributed by atoms with Gasteiger partial charge in [0.2, 0.25) is 0 Å². The highest BCUT2D eigenvalue weighted by atomic mass is 16.5. The van der Waals surface area contributed by atoms with Crippen molar-refractivity contribution in [1.29, 1.82) is 0 Å². The third-order valence-electron chi connectivity index (χ3n) is 4.06. The summed E-state index contributed by atoms with van der Waals surface area (Å²) in [5, 5.41) is 3.33. The SMILES string of the molecule is CCCOc1ccccc1C(=O)C(C)(C)N1CCNCC1. The van der Waals surface area contributed by atoms with Gasteiger partial charge in [0, 0.05) is 26.2 Å². The lowest BCUT2D eigenvalue weighted by Crippen LogP contribution is -2.57. The molecule has 4 heteroatoms. The second kappa shape index (κ2) is 7.05. The summed E-state index contributed by atoms with van der Waals surface area (Å²) >= 11 is 0. The largest absolute Gasteiger partial charge is 0.493 e. The van der Waals surface area contributed by atoms with Gasteiger partial charge in [-0.25, -0.2) is 0 Å². The molecular weight excluding hydrogens is 264 g/mol. The summed E-state index contributed by atoms with van der Waals surface area (Å²) in [6.45, 7) is 10.4. The minimum Gasteiger partial charge on any atom is -0.493 e. The fraction of sp³-hybridized carbons (Fsp3) is 0.588. The maximum Gasteiger partial charge on any atom is 0.186 e. The normalized spacial score (nSPS) is 16.7. The molecule has 1 aliphatic rings. The molecule has 1 fully saturated rings. The molecule has 1 N–H and O–H groups in total. The molecule has 0 aromatic heterocycles. The number of ketones is 1. The number of para-hydroxylation sites is 1. The lowest BCUT2D eigenvalue weighted by molar-refractivity contribution is 0.0598. The maximum absolute atomic E-state index is 13.0. The van der Waals surface area contributed by atoms with Gasteiger partial charge in [-0.1, -0.05) is 19.1 Å². The van der Waals surface area contributed by atoms with Crippen LogP contribution in [-0.4, -0.2) is 49.0 Å². The van der Waals surface area contributed by atoms with Crippen LogP contribution in [0, 0.1) is 0 Å². The lowest BCUT2D eigenvalue weighted by Gasteiger charge is -2.40. The van der Waals surface area contributed by atoms with Crippen LogP contribution < -0.4 is 10.1 Å². The van der Waals surface area contributed by atoms with Crippen LogP contribution in [0.5, 0.6) is 5.75 Å². The Labute approximate surface area is 127 Å². The smallest absolute Gasteiger partial charge is 0.186 e. The van der Waals surface area contributed by atoms with Crippen LogP contribution in [-0.2, 0) is 0 Å². The Morgan fingerprint density at radius 2 is 1.95 bits per heavy atom. The molecule has 0 bridgehead atoms. The van der Waals surface area contributed by atoms with Crippen molar-refractivity contribution < 1.29 is 9.53 Å². The van der Waals surface area contributed by atoms with Crippen molar-refractivity contribution in [1.82, 2.24) is 10.2 Å². The van der Waals surface area contributed by atoms with Crippen molar-refractivity contribution in [2.45, 2.75) is 32.7 Å². The number of Topliss-reactive ketones (excluding diaryl/α,β-unsaturated/α-hetero) is 1. The highest BCUT2D eigenvalue weighted by Crippen LogP contribution is 2.27. The predicted molar refractivity (Wildman–Crippen MR) is 85.1 cm³/mol. The minimum atomic E-state index is -0.506. The number of ether oxygens (including phenoxy) is 1. The van der Waals surface area contributed by atoms with Gasteiger partial charge in [-0.3, -0.25) is 9.69 Å². The van der Waals surface area contributed by atoms with Gasteiger partial charge in [-0.05, 0) is 32.4 Å². The number of nitrogens with zero attached hydrogens (tertiary/aromatic N) is 1. The molecule has 0 aliphatic carbocycles. The number of piperazine rings is 1. The minimum absolute atomic E-state index is 0.135. The number of rotatable bonds is 6. The lowest BCUT2D eigenvalue weighted by atomic mass is 9.90. The number of hydrogen-bond donors (Lipinski definition) is 1. The Morgan fingerprint density at radius 1 is 1.29 bits per heavy atom. The second-order valence-electron chi connectivity index (χ2n) is 5.97. The summed E-state index contributed by atoms with van der Waals surface area (Å²) in [7, 11) is 0. The Bertz CT molecular complexity index is 479. The molecule has 4 nitrogen and oxygen atoms in total. The predicted octanol–water partition coefficient (Wildman–Crippen LogP) is 2.34. The molecule has 0 spiro atoms. The average molecular weight is 290 g/mol.